The Morgan fingerprint density at radius 1 is 1.09 bits per heavy atom. The van der Waals surface area contributed by atoms with Crippen LogP contribution in [0, 0.1) is 6.92 Å². The first-order valence-corrected chi connectivity index (χ1v) is 11.9. The first kappa shape index (κ1) is 23.0. The molecule has 9 heteroatoms. The van der Waals surface area contributed by atoms with E-state index in [1.54, 1.807) is 7.11 Å². The van der Waals surface area contributed by atoms with E-state index in [4.69, 9.17) is 9.72 Å². The van der Waals surface area contributed by atoms with E-state index in [1.807, 2.05) is 24.3 Å². The van der Waals surface area contributed by atoms with Crippen LogP contribution in [0.3, 0.4) is 0 Å². The van der Waals surface area contributed by atoms with Gasteiger partial charge in [-0.05, 0) is 24.6 Å². The van der Waals surface area contributed by atoms with Gasteiger partial charge in [0.05, 0.1) is 12.8 Å². The van der Waals surface area contributed by atoms with Gasteiger partial charge < -0.3 is 20.3 Å². The summed E-state index contributed by atoms with van der Waals surface area (Å²) in [6.07, 6.45) is 0.763. The number of hydrogen-bond acceptors (Lipinski definition) is 7. The van der Waals surface area contributed by atoms with Crippen LogP contribution in [0.5, 0.6) is 5.75 Å². The van der Waals surface area contributed by atoms with Crippen LogP contribution in [0.25, 0.3) is 0 Å². The summed E-state index contributed by atoms with van der Waals surface area (Å²) in [7, 11) is 1.59. The van der Waals surface area contributed by atoms with Crippen LogP contribution in [-0.4, -0.2) is 66.7 Å². The van der Waals surface area contributed by atoms with E-state index in [1.165, 1.54) is 22.7 Å². The molecule has 2 N–H and O–H groups in total. The maximum Gasteiger partial charge on any atom is 0.319 e. The highest BCUT2D eigenvalue weighted by atomic mass is 32.1. The molecule has 0 atom stereocenters. The van der Waals surface area contributed by atoms with Crippen molar-refractivity contribution in [3.8, 4) is 5.75 Å². The summed E-state index contributed by atoms with van der Waals surface area (Å²) in [5.41, 5.74) is 3.15. The van der Waals surface area contributed by atoms with Gasteiger partial charge in [0.15, 0.2) is 0 Å². The monoisotopic (exact) mass is 466 g/mol. The molecule has 1 fully saturated rings. The molecule has 1 aliphatic rings. The highest BCUT2D eigenvalue weighted by Gasteiger charge is 2.20. The number of anilines is 2. The molecular weight excluding hydrogens is 436 g/mol. The van der Waals surface area contributed by atoms with E-state index in [-0.39, 0.29) is 6.03 Å². The molecule has 0 saturated carbocycles. The van der Waals surface area contributed by atoms with Crippen molar-refractivity contribution in [2.45, 2.75) is 13.3 Å². The van der Waals surface area contributed by atoms with Gasteiger partial charge in [0.2, 0.25) is 5.13 Å². The third-order valence-corrected chi connectivity index (χ3v) is 6.47. The second-order valence-corrected chi connectivity index (χ2v) is 8.80. The minimum atomic E-state index is -0.229. The molecule has 3 aromatic rings. The molecule has 2 amide bonds. The molecule has 174 valence electrons. The first-order chi connectivity index (χ1) is 16.1. The zero-order chi connectivity index (χ0) is 23.0. The van der Waals surface area contributed by atoms with Crippen molar-refractivity contribution in [3.05, 3.63) is 65.5 Å². The summed E-state index contributed by atoms with van der Waals surface area (Å²) in [5.74, 6) is 1.52. The number of amides is 2. The van der Waals surface area contributed by atoms with Gasteiger partial charge in [-0.15, -0.1) is 0 Å². The van der Waals surface area contributed by atoms with Gasteiger partial charge in [0.1, 0.15) is 11.6 Å². The molecule has 1 aliphatic heterocycles. The highest BCUT2D eigenvalue weighted by Crippen LogP contribution is 2.23. The standard InChI is InChI=1S/C24H30N6O2S/c1-18-7-9-19(10-8-18)17-22-27-24(33-28-22)30-15-13-29(14-16-30)12-11-25-23(31)26-20-5-3-4-6-21(20)32-2/h3-10H,11-17H2,1-2H3,(H2,25,26,31). The van der Waals surface area contributed by atoms with Crippen molar-refractivity contribution in [1.82, 2.24) is 19.6 Å². The van der Waals surface area contributed by atoms with E-state index in [2.05, 4.69) is 56.0 Å². The summed E-state index contributed by atoms with van der Waals surface area (Å²) in [6, 6.07) is 15.7. The molecular formula is C24H30N6O2S. The van der Waals surface area contributed by atoms with Crippen LogP contribution in [0.1, 0.15) is 17.0 Å². The Bertz CT molecular complexity index is 1050. The van der Waals surface area contributed by atoms with Crippen molar-refractivity contribution in [2.24, 2.45) is 0 Å². The number of piperazine rings is 1. The minimum absolute atomic E-state index is 0.229. The minimum Gasteiger partial charge on any atom is -0.495 e. The van der Waals surface area contributed by atoms with Crippen molar-refractivity contribution in [1.29, 1.82) is 0 Å². The Balaban J connectivity index is 1.18. The molecule has 1 aromatic heterocycles. The van der Waals surface area contributed by atoms with Crippen molar-refractivity contribution >= 4 is 28.4 Å². The van der Waals surface area contributed by atoms with E-state index in [9.17, 15) is 4.79 Å². The van der Waals surface area contributed by atoms with Gasteiger partial charge in [-0.2, -0.15) is 4.37 Å². The number of para-hydroxylation sites is 2. The number of carbonyl (C=O) groups is 1. The van der Waals surface area contributed by atoms with Crippen molar-refractivity contribution < 1.29 is 9.53 Å². The van der Waals surface area contributed by atoms with Crippen LogP contribution in [0.4, 0.5) is 15.6 Å². The number of nitrogens with one attached hydrogen (secondary N) is 2. The summed E-state index contributed by atoms with van der Waals surface area (Å²) < 4.78 is 9.82. The lowest BCUT2D eigenvalue weighted by Crippen LogP contribution is -2.48. The van der Waals surface area contributed by atoms with Crippen molar-refractivity contribution in [2.75, 3.05) is 56.6 Å². The zero-order valence-electron chi connectivity index (χ0n) is 19.1. The lowest BCUT2D eigenvalue weighted by Gasteiger charge is -2.34. The van der Waals surface area contributed by atoms with E-state index in [0.717, 1.165) is 50.1 Å². The van der Waals surface area contributed by atoms with Crippen LogP contribution in [0.2, 0.25) is 0 Å². The van der Waals surface area contributed by atoms with Gasteiger partial charge in [0.25, 0.3) is 0 Å². The van der Waals surface area contributed by atoms with Gasteiger partial charge in [-0.3, -0.25) is 4.90 Å². The Hall–Kier alpha value is -3.17. The molecule has 0 radical (unpaired) electrons. The molecule has 0 aliphatic carbocycles. The van der Waals surface area contributed by atoms with E-state index >= 15 is 0 Å². The van der Waals surface area contributed by atoms with Gasteiger partial charge in [-0.25, -0.2) is 9.78 Å². The second kappa shape index (κ2) is 11.1. The predicted molar refractivity (Wildman–Crippen MR) is 133 cm³/mol. The normalized spacial score (nSPS) is 14.2. The fraction of sp³-hybridized carbons (Fsp3) is 0.375. The second-order valence-electron chi connectivity index (χ2n) is 8.07. The summed E-state index contributed by atoms with van der Waals surface area (Å²) >= 11 is 1.48. The van der Waals surface area contributed by atoms with Gasteiger partial charge in [0, 0.05) is 57.2 Å². The maximum absolute atomic E-state index is 12.2. The zero-order valence-corrected chi connectivity index (χ0v) is 19.9. The van der Waals surface area contributed by atoms with Crippen LogP contribution >= 0.6 is 11.5 Å². The molecule has 4 rings (SSSR count). The Labute approximate surface area is 198 Å². The Kier molecular flexibility index (Phi) is 7.74. The quantitative estimate of drug-likeness (QED) is 0.530. The molecule has 0 bridgehead atoms. The lowest BCUT2D eigenvalue weighted by atomic mass is 10.1. The predicted octanol–water partition coefficient (Wildman–Crippen LogP) is 3.39. The van der Waals surface area contributed by atoms with E-state index < -0.39 is 0 Å². The van der Waals surface area contributed by atoms with Gasteiger partial charge >= 0.3 is 6.03 Å². The smallest absolute Gasteiger partial charge is 0.319 e. The first-order valence-electron chi connectivity index (χ1n) is 11.1. The number of aromatic nitrogens is 2. The lowest BCUT2D eigenvalue weighted by molar-refractivity contribution is 0.240. The molecule has 0 spiro atoms. The third kappa shape index (κ3) is 6.43. The number of nitrogens with zero attached hydrogens (tertiary/aromatic N) is 4. The molecule has 2 heterocycles. The van der Waals surface area contributed by atoms with Gasteiger partial charge in [-0.1, -0.05) is 42.0 Å². The largest absolute Gasteiger partial charge is 0.495 e. The topological polar surface area (TPSA) is 82.6 Å². The fourth-order valence-electron chi connectivity index (χ4n) is 3.74. The number of rotatable bonds is 8. The molecule has 33 heavy (non-hydrogen) atoms. The SMILES string of the molecule is COc1ccccc1NC(=O)NCCN1CCN(c2nc(Cc3ccc(C)cc3)ns2)CC1. The maximum atomic E-state index is 12.2. The third-order valence-electron chi connectivity index (χ3n) is 5.65. The molecule has 1 saturated heterocycles. The van der Waals surface area contributed by atoms with Crippen LogP contribution in [0.15, 0.2) is 48.5 Å². The molecule has 8 nitrogen and oxygen atoms in total. The summed E-state index contributed by atoms with van der Waals surface area (Å²) in [5, 5.41) is 6.75. The number of benzene rings is 2. The Morgan fingerprint density at radius 2 is 1.85 bits per heavy atom. The summed E-state index contributed by atoms with van der Waals surface area (Å²) in [4.78, 5) is 21.6. The number of ether oxygens (including phenoxy) is 1. The number of urea groups is 1. The summed E-state index contributed by atoms with van der Waals surface area (Å²) in [6.45, 7) is 7.17. The number of carbonyl (C=O) groups excluding carboxylic acids is 1. The number of methoxy groups -OCH3 is 1. The molecule has 2 aromatic carbocycles. The van der Waals surface area contributed by atoms with E-state index in [0.29, 0.717) is 18.0 Å². The molecule has 0 unspecified atom stereocenters. The highest BCUT2D eigenvalue weighted by molar-refractivity contribution is 7.09. The van der Waals surface area contributed by atoms with Crippen molar-refractivity contribution in [3.63, 3.8) is 0 Å². The number of hydrogen-bond donors (Lipinski definition) is 2. The Morgan fingerprint density at radius 3 is 2.61 bits per heavy atom. The van der Waals surface area contributed by atoms with Crippen LogP contribution in [-0.2, 0) is 6.42 Å². The van der Waals surface area contributed by atoms with Crippen LogP contribution < -0.4 is 20.3 Å². The average molecular weight is 467 g/mol. The fourth-order valence-corrected chi connectivity index (χ4v) is 4.47. The average Bonchev–Trinajstić information content (AvgIpc) is 3.30. The number of aryl methyl sites for hydroxylation is 1.